The van der Waals surface area contributed by atoms with Gasteiger partial charge >= 0.3 is 0 Å². The molecule has 1 N–H and O–H groups in total. The van der Waals surface area contributed by atoms with E-state index in [1.165, 1.54) is 6.20 Å². The van der Waals surface area contributed by atoms with Gasteiger partial charge in [0.25, 0.3) is 0 Å². The Hall–Kier alpha value is -1.03. The average Bonchev–Trinajstić information content (AvgIpc) is 2.13. The number of rotatable bonds is 2. The Labute approximate surface area is 59.1 Å². The summed E-state index contributed by atoms with van der Waals surface area (Å²) in [6.07, 6.45) is 1.54. The van der Waals surface area contributed by atoms with E-state index in [1.54, 1.807) is 18.7 Å². The summed E-state index contributed by atoms with van der Waals surface area (Å²) in [6.45, 7) is 0.428. The third kappa shape index (κ3) is 1.27. The first-order valence-electron chi connectivity index (χ1n) is 2.94. The van der Waals surface area contributed by atoms with Crippen LogP contribution in [0.25, 0.3) is 0 Å². The SMILES string of the molecule is COCc1nc(O)cn1C. The maximum absolute atomic E-state index is 8.87. The number of nitrogens with zero attached hydrogens (tertiary/aromatic N) is 2. The minimum absolute atomic E-state index is 0.0366. The Balaban J connectivity index is 2.81. The maximum atomic E-state index is 8.87. The molecule has 0 aliphatic carbocycles. The van der Waals surface area contributed by atoms with Crippen LogP contribution in [0.3, 0.4) is 0 Å². The van der Waals surface area contributed by atoms with Crippen molar-refractivity contribution >= 4 is 0 Å². The lowest BCUT2D eigenvalue weighted by atomic mass is 10.6. The molecule has 1 aromatic heterocycles. The number of ether oxygens (including phenoxy) is 1. The highest BCUT2D eigenvalue weighted by Crippen LogP contribution is 2.06. The Morgan fingerprint density at radius 2 is 2.50 bits per heavy atom. The highest BCUT2D eigenvalue weighted by molar-refractivity contribution is 5.06. The molecule has 0 saturated carbocycles. The second-order valence-corrected chi connectivity index (χ2v) is 2.06. The molecular formula is C6H10N2O2. The van der Waals surface area contributed by atoms with Crippen LogP contribution in [0.1, 0.15) is 5.82 Å². The molecule has 0 aliphatic rings. The van der Waals surface area contributed by atoms with Gasteiger partial charge in [-0.3, -0.25) is 0 Å². The number of methoxy groups -OCH3 is 1. The van der Waals surface area contributed by atoms with Crippen LogP contribution in [0.4, 0.5) is 0 Å². The molecule has 4 heteroatoms. The van der Waals surface area contributed by atoms with Crippen molar-refractivity contribution in [3.05, 3.63) is 12.0 Å². The molecule has 1 aromatic rings. The Bertz CT molecular complexity index is 220. The van der Waals surface area contributed by atoms with Crippen LogP contribution < -0.4 is 0 Å². The van der Waals surface area contributed by atoms with Gasteiger partial charge in [0.2, 0.25) is 5.88 Å². The van der Waals surface area contributed by atoms with E-state index >= 15 is 0 Å². The highest BCUT2D eigenvalue weighted by atomic mass is 16.5. The average molecular weight is 142 g/mol. The van der Waals surface area contributed by atoms with Crippen molar-refractivity contribution in [3.8, 4) is 5.88 Å². The van der Waals surface area contributed by atoms with E-state index < -0.39 is 0 Å². The smallest absolute Gasteiger partial charge is 0.229 e. The molecule has 0 amide bonds. The minimum Gasteiger partial charge on any atom is -0.492 e. The van der Waals surface area contributed by atoms with Crippen LogP contribution in [0.5, 0.6) is 5.88 Å². The van der Waals surface area contributed by atoms with Gasteiger partial charge in [-0.1, -0.05) is 0 Å². The van der Waals surface area contributed by atoms with E-state index in [0.717, 1.165) is 5.82 Å². The van der Waals surface area contributed by atoms with E-state index in [1.807, 2.05) is 0 Å². The lowest BCUT2D eigenvalue weighted by Gasteiger charge is -1.96. The summed E-state index contributed by atoms with van der Waals surface area (Å²) in [4.78, 5) is 3.79. The molecule has 56 valence electrons. The van der Waals surface area contributed by atoms with E-state index in [2.05, 4.69) is 4.98 Å². The second kappa shape index (κ2) is 2.70. The molecule has 0 unspecified atom stereocenters. The van der Waals surface area contributed by atoms with Gasteiger partial charge in [0.15, 0.2) is 0 Å². The summed E-state index contributed by atoms with van der Waals surface area (Å²) in [5, 5.41) is 8.87. The van der Waals surface area contributed by atoms with Crippen LogP contribution in [-0.4, -0.2) is 21.8 Å². The molecule has 0 bridgehead atoms. The van der Waals surface area contributed by atoms with Gasteiger partial charge in [-0.15, -0.1) is 0 Å². The first kappa shape index (κ1) is 7.08. The minimum atomic E-state index is 0.0366. The summed E-state index contributed by atoms with van der Waals surface area (Å²) < 4.78 is 6.55. The fourth-order valence-corrected chi connectivity index (χ4v) is 0.751. The quantitative estimate of drug-likeness (QED) is 0.644. The fourth-order valence-electron chi connectivity index (χ4n) is 0.751. The molecule has 0 aromatic carbocycles. The van der Waals surface area contributed by atoms with Gasteiger partial charge in [0, 0.05) is 14.2 Å². The van der Waals surface area contributed by atoms with Crippen molar-refractivity contribution in [1.82, 2.24) is 9.55 Å². The number of aryl methyl sites for hydroxylation is 1. The summed E-state index contributed by atoms with van der Waals surface area (Å²) in [5.41, 5.74) is 0. The molecule has 0 spiro atoms. The third-order valence-corrected chi connectivity index (χ3v) is 1.23. The lowest BCUT2D eigenvalue weighted by molar-refractivity contribution is 0.175. The molecule has 0 saturated heterocycles. The van der Waals surface area contributed by atoms with E-state index in [9.17, 15) is 0 Å². The number of aromatic hydroxyl groups is 1. The Kier molecular flexibility index (Phi) is 1.91. The Morgan fingerprint density at radius 3 is 2.90 bits per heavy atom. The van der Waals surface area contributed by atoms with Gasteiger partial charge in [-0.25, -0.2) is 0 Å². The lowest BCUT2D eigenvalue weighted by Crippen LogP contribution is -1.97. The van der Waals surface area contributed by atoms with E-state index in [4.69, 9.17) is 9.84 Å². The standard InChI is InChI=1S/C6H10N2O2/c1-8-3-6(9)7-5(8)4-10-2/h3,9H,4H2,1-2H3. The van der Waals surface area contributed by atoms with Gasteiger partial charge < -0.3 is 14.4 Å². The largest absolute Gasteiger partial charge is 0.492 e. The zero-order valence-corrected chi connectivity index (χ0v) is 6.03. The first-order chi connectivity index (χ1) is 4.74. The van der Waals surface area contributed by atoms with Crippen LogP contribution >= 0.6 is 0 Å². The fraction of sp³-hybridized carbons (Fsp3) is 0.500. The van der Waals surface area contributed by atoms with E-state index in [0.29, 0.717) is 6.61 Å². The predicted octanol–water partition coefficient (Wildman–Crippen LogP) is 0.272. The summed E-state index contributed by atoms with van der Waals surface area (Å²) >= 11 is 0. The van der Waals surface area contributed by atoms with Crippen LogP contribution in [-0.2, 0) is 18.4 Å². The first-order valence-corrected chi connectivity index (χ1v) is 2.94. The number of imidazole rings is 1. The number of hydrogen-bond donors (Lipinski definition) is 1. The molecular weight excluding hydrogens is 132 g/mol. The second-order valence-electron chi connectivity index (χ2n) is 2.06. The maximum Gasteiger partial charge on any atom is 0.229 e. The van der Waals surface area contributed by atoms with Crippen molar-refractivity contribution in [3.63, 3.8) is 0 Å². The van der Waals surface area contributed by atoms with Crippen molar-refractivity contribution < 1.29 is 9.84 Å². The summed E-state index contributed by atoms with van der Waals surface area (Å²) in [5.74, 6) is 0.759. The van der Waals surface area contributed by atoms with Crippen molar-refractivity contribution in [2.75, 3.05) is 7.11 Å². The molecule has 0 aliphatic heterocycles. The highest BCUT2D eigenvalue weighted by Gasteiger charge is 2.01. The van der Waals surface area contributed by atoms with Crippen LogP contribution in [0.2, 0.25) is 0 Å². The van der Waals surface area contributed by atoms with Gasteiger partial charge in [-0.05, 0) is 0 Å². The summed E-state index contributed by atoms with van der Waals surface area (Å²) in [7, 11) is 3.40. The van der Waals surface area contributed by atoms with Crippen molar-refractivity contribution in [2.45, 2.75) is 6.61 Å². The number of aromatic nitrogens is 2. The van der Waals surface area contributed by atoms with Crippen molar-refractivity contribution in [2.24, 2.45) is 7.05 Å². The monoisotopic (exact) mass is 142 g/mol. The molecule has 1 heterocycles. The van der Waals surface area contributed by atoms with Gasteiger partial charge in [0.05, 0.1) is 6.20 Å². The summed E-state index contributed by atoms with van der Waals surface area (Å²) in [6, 6.07) is 0. The molecule has 10 heavy (non-hydrogen) atoms. The number of hydrogen-bond acceptors (Lipinski definition) is 3. The zero-order chi connectivity index (χ0) is 7.56. The Morgan fingerprint density at radius 1 is 1.80 bits per heavy atom. The molecule has 1 rings (SSSR count). The van der Waals surface area contributed by atoms with Crippen LogP contribution in [0.15, 0.2) is 6.20 Å². The van der Waals surface area contributed by atoms with Crippen molar-refractivity contribution in [1.29, 1.82) is 0 Å². The molecule has 0 radical (unpaired) electrons. The van der Waals surface area contributed by atoms with Gasteiger partial charge in [-0.2, -0.15) is 4.98 Å². The third-order valence-electron chi connectivity index (χ3n) is 1.23. The normalized spacial score (nSPS) is 10.2. The van der Waals surface area contributed by atoms with E-state index in [-0.39, 0.29) is 5.88 Å². The molecule has 0 fully saturated rings. The topological polar surface area (TPSA) is 47.3 Å². The molecule has 4 nitrogen and oxygen atoms in total. The molecule has 0 atom stereocenters. The van der Waals surface area contributed by atoms with Crippen LogP contribution in [0, 0.1) is 0 Å². The van der Waals surface area contributed by atoms with Gasteiger partial charge in [0.1, 0.15) is 12.4 Å². The zero-order valence-electron chi connectivity index (χ0n) is 6.03. The predicted molar refractivity (Wildman–Crippen MR) is 35.6 cm³/mol.